The zero-order chi connectivity index (χ0) is 15.1. The first-order chi connectivity index (χ1) is 10.2. The number of ether oxygens (including phenoxy) is 1. The SMILES string of the molecule is O=C(O)CCC(NC(=O)C1CCCOC1)c1ccccc1. The fraction of sp³-hybridized carbons (Fsp3) is 0.500. The Bertz CT molecular complexity index is 468. The normalized spacial score (nSPS) is 19.7. The van der Waals surface area contributed by atoms with Gasteiger partial charge in [-0.3, -0.25) is 9.59 Å². The Balaban J connectivity index is 2.00. The average Bonchev–Trinajstić information content (AvgIpc) is 2.52. The molecule has 2 N–H and O–H groups in total. The summed E-state index contributed by atoms with van der Waals surface area (Å²) in [4.78, 5) is 23.1. The van der Waals surface area contributed by atoms with Crippen LogP contribution in [0.1, 0.15) is 37.3 Å². The molecule has 5 nitrogen and oxygen atoms in total. The van der Waals surface area contributed by atoms with Gasteiger partial charge in [-0.15, -0.1) is 0 Å². The van der Waals surface area contributed by atoms with Crippen molar-refractivity contribution >= 4 is 11.9 Å². The highest BCUT2D eigenvalue weighted by molar-refractivity contribution is 5.79. The first-order valence-electron chi connectivity index (χ1n) is 7.31. The number of carboxylic acids is 1. The molecular weight excluding hydrogens is 270 g/mol. The molecule has 5 heteroatoms. The van der Waals surface area contributed by atoms with Gasteiger partial charge in [-0.1, -0.05) is 30.3 Å². The van der Waals surface area contributed by atoms with Gasteiger partial charge in [-0.25, -0.2) is 0 Å². The minimum atomic E-state index is -0.855. The van der Waals surface area contributed by atoms with Crippen LogP contribution in [0.25, 0.3) is 0 Å². The molecule has 0 bridgehead atoms. The molecule has 0 aliphatic carbocycles. The summed E-state index contributed by atoms with van der Waals surface area (Å²) < 4.78 is 5.33. The molecule has 114 valence electrons. The molecule has 1 aliphatic heterocycles. The average molecular weight is 291 g/mol. The lowest BCUT2D eigenvalue weighted by Gasteiger charge is -2.25. The molecular formula is C16H21NO4. The van der Waals surface area contributed by atoms with E-state index >= 15 is 0 Å². The predicted molar refractivity (Wildman–Crippen MR) is 77.7 cm³/mol. The van der Waals surface area contributed by atoms with Gasteiger partial charge in [0.1, 0.15) is 0 Å². The minimum absolute atomic E-state index is 0.0288. The molecule has 0 saturated carbocycles. The second-order valence-corrected chi connectivity index (χ2v) is 5.32. The van der Waals surface area contributed by atoms with Gasteiger partial charge in [-0.2, -0.15) is 0 Å². The van der Waals surface area contributed by atoms with Gasteiger partial charge in [0.2, 0.25) is 5.91 Å². The highest BCUT2D eigenvalue weighted by Gasteiger charge is 2.24. The minimum Gasteiger partial charge on any atom is -0.481 e. The van der Waals surface area contributed by atoms with Gasteiger partial charge >= 0.3 is 5.97 Å². The Kier molecular flexibility index (Phi) is 5.75. The second-order valence-electron chi connectivity index (χ2n) is 5.32. The molecule has 1 amide bonds. The van der Waals surface area contributed by atoms with Crippen molar-refractivity contribution in [1.82, 2.24) is 5.32 Å². The summed E-state index contributed by atoms with van der Waals surface area (Å²) >= 11 is 0. The van der Waals surface area contributed by atoms with Gasteiger partial charge in [0.25, 0.3) is 0 Å². The molecule has 21 heavy (non-hydrogen) atoms. The second kappa shape index (κ2) is 7.78. The van der Waals surface area contributed by atoms with Gasteiger partial charge in [-0.05, 0) is 24.8 Å². The monoisotopic (exact) mass is 291 g/mol. The van der Waals surface area contributed by atoms with Crippen molar-refractivity contribution in [3.63, 3.8) is 0 Å². The Morgan fingerprint density at radius 3 is 2.71 bits per heavy atom. The zero-order valence-corrected chi connectivity index (χ0v) is 12.0. The number of aliphatic carboxylic acids is 1. The molecule has 1 aliphatic rings. The first-order valence-corrected chi connectivity index (χ1v) is 7.31. The van der Waals surface area contributed by atoms with Crippen molar-refractivity contribution in [3.8, 4) is 0 Å². The highest BCUT2D eigenvalue weighted by atomic mass is 16.5. The Morgan fingerprint density at radius 1 is 1.33 bits per heavy atom. The third-order valence-electron chi connectivity index (χ3n) is 3.70. The Labute approximate surface area is 124 Å². The lowest BCUT2D eigenvalue weighted by atomic mass is 9.98. The molecule has 0 radical (unpaired) electrons. The molecule has 1 heterocycles. The van der Waals surface area contributed by atoms with Crippen molar-refractivity contribution in [2.75, 3.05) is 13.2 Å². The number of carbonyl (C=O) groups excluding carboxylic acids is 1. The topological polar surface area (TPSA) is 75.6 Å². The van der Waals surface area contributed by atoms with Crippen LogP contribution in [0, 0.1) is 5.92 Å². The number of hydrogen-bond acceptors (Lipinski definition) is 3. The van der Waals surface area contributed by atoms with Crippen LogP contribution >= 0.6 is 0 Å². The lowest BCUT2D eigenvalue weighted by molar-refractivity contribution is -0.137. The van der Waals surface area contributed by atoms with E-state index in [-0.39, 0.29) is 24.3 Å². The van der Waals surface area contributed by atoms with Crippen LogP contribution in [0.15, 0.2) is 30.3 Å². The van der Waals surface area contributed by atoms with E-state index in [1.165, 1.54) is 0 Å². The smallest absolute Gasteiger partial charge is 0.303 e. The van der Waals surface area contributed by atoms with Crippen LogP contribution in [0.2, 0.25) is 0 Å². The predicted octanol–water partition coefficient (Wildman–Crippen LogP) is 2.14. The third-order valence-corrected chi connectivity index (χ3v) is 3.70. The molecule has 1 aromatic carbocycles. The number of carbonyl (C=O) groups is 2. The van der Waals surface area contributed by atoms with E-state index in [4.69, 9.17) is 9.84 Å². The molecule has 2 unspecified atom stereocenters. The number of benzene rings is 1. The first kappa shape index (κ1) is 15.5. The van der Waals surface area contributed by atoms with Gasteiger partial charge in [0, 0.05) is 13.0 Å². The van der Waals surface area contributed by atoms with Crippen LogP contribution in [-0.4, -0.2) is 30.2 Å². The molecule has 1 saturated heterocycles. The van der Waals surface area contributed by atoms with Crippen LogP contribution in [-0.2, 0) is 14.3 Å². The third kappa shape index (κ3) is 4.86. The van der Waals surface area contributed by atoms with E-state index in [1.54, 1.807) is 0 Å². The fourth-order valence-electron chi connectivity index (χ4n) is 2.51. The Morgan fingerprint density at radius 2 is 2.10 bits per heavy atom. The van der Waals surface area contributed by atoms with E-state index in [2.05, 4.69) is 5.32 Å². The molecule has 0 spiro atoms. The van der Waals surface area contributed by atoms with Crippen LogP contribution in [0.3, 0.4) is 0 Å². The molecule has 0 aromatic heterocycles. The zero-order valence-electron chi connectivity index (χ0n) is 12.0. The quantitative estimate of drug-likeness (QED) is 0.842. The lowest BCUT2D eigenvalue weighted by Crippen LogP contribution is -2.38. The molecule has 2 rings (SSSR count). The van der Waals surface area contributed by atoms with E-state index in [9.17, 15) is 9.59 Å². The molecule has 2 atom stereocenters. The molecule has 1 fully saturated rings. The number of nitrogens with one attached hydrogen (secondary N) is 1. The maximum absolute atomic E-state index is 12.3. The van der Waals surface area contributed by atoms with E-state index < -0.39 is 5.97 Å². The molecule has 1 aromatic rings. The number of amides is 1. The summed E-state index contributed by atoms with van der Waals surface area (Å²) in [6.45, 7) is 1.16. The highest BCUT2D eigenvalue weighted by Crippen LogP contribution is 2.21. The van der Waals surface area contributed by atoms with Crippen molar-refractivity contribution in [2.45, 2.75) is 31.7 Å². The number of hydrogen-bond donors (Lipinski definition) is 2. The summed E-state index contributed by atoms with van der Waals surface area (Å²) in [6, 6.07) is 9.22. The van der Waals surface area contributed by atoms with E-state index in [1.807, 2.05) is 30.3 Å². The maximum atomic E-state index is 12.3. The van der Waals surface area contributed by atoms with E-state index in [0.717, 1.165) is 18.4 Å². The summed E-state index contributed by atoms with van der Waals surface area (Å²) in [7, 11) is 0. The standard InChI is InChI=1S/C16H21NO4/c18-15(19)9-8-14(12-5-2-1-3-6-12)17-16(20)13-7-4-10-21-11-13/h1-3,5-6,13-14H,4,7-11H2,(H,17,20)(H,18,19). The maximum Gasteiger partial charge on any atom is 0.303 e. The summed E-state index contributed by atoms with van der Waals surface area (Å²) in [5.41, 5.74) is 0.934. The van der Waals surface area contributed by atoms with Crippen molar-refractivity contribution in [2.24, 2.45) is 5.92 Å². The summed E-state index contributed by atoms with van der Waals surface area (Å²) in [6.07, 6.45) is 2.13. The van der Waals surface area contributed by atoms with Crippen LogP contribution in [0.5, 0.6) is 0 Å². The van der Waals surface area contributed by atoms with Gasteiger partial charge < -0.3 is 15.2 Å². The van der Waals surface area contributed by atoms with Gasteiger partial charge in [0.15, 0.2) is 0 Å². The van der Waals surface area contributed by atoms with Crippen molar-refractivity contribution in [3.05, 3.63) is 35.9 Å². The summed E-state index contributed by atoms with van der Waals surface area (Å²) in [5.74, 6) is -1.03. The van der Waals surface area contributed by atoms with Gasteiger partial charge in [0.05, 0.1) is 18.6 Å². The van der Waals surface area contributed by atoms with Crippen molar-refractivity contribution < 1.29 is 19.4 Å². The van der Waals surface area contributed by atoms with Crippen LogP contribution in [0.4, 0.5) is 0 Å². The number of rotatable bonds is 6. The fourth-order valence-corrected chi connectivity index (χ4v) is 2.51. The largest absolute Gasteiger partial charge is 0.481 e. The van der Waals surface area contributed by atoms with Crippen LogP contribution < -0.4 is 5.32 Å². The van der Waals surface area contributed by atoms with E-state index in [0.29, 0.717) is 19.6 Å². The number of carboxylic acid groups (broad SMARTS) is 1. The van der Waals surface area contributed by atoms with Crippen molar-refractivity contribution in [1.29, 1.82) is 0 Å². The summed E-state index contributed by atoms with van der Waals surface area (Å²) in [5, 5.41) is 11.8. The Hall–Kier alpha value is -1.88.